The highest BCUT2D eigenvalue weighted by atomic mass is 35.5. The van der Waals surface area contributed by atoms with E-state index in [-0.39, 0.29) is 12.1 Å². The van der Waals surface area contributed by atoms with Crippen molar-refractivity contribution in [1.82, 2.24) is 4.98 Å². The minimum atomic E-state index is -0.365. The Morgan fingerprint density at radius 3 is 2.73 bits per heavy atom. The number of aromatic nitrogens is 1. The monoisotopic (exact) mass is 374 g/mol. The number of para-hydroxylation sites is 1. The van der Waals surface area contributed by atoms with Gasteiger partial charge in [0.15, 0.2) is 11.5 Å². The van der Waals surface area contributed by atoms with Crippen LogP contribution in [0.4, 0.5) is 5.82 Å². The lowest BCUT2D eigenvalue weighted by Crippen LogP contribution is -2.38. The second-order valence-electron chi connectivity index (χ2n) is 6.26. The number of pyridine rings is 1. The molecule has 0 unspecified atom stereocenters. The third-order valence-corrected chi connectivity index (χ3v) is 4.76. The van der Waals surface area contributed by atoms with Crippen molar-refractivity contribution in [3.05, 3.63) is 47.1 Å². The Bertz CT molecular complexity index is 789. The molecule has 0 atom stereocenters. The molecule has 2 aromatic rings. The highest BCUT2D eigenvalue weighted by Gasteiger charge is 2.26. The quantitative estimate of drug-likeness (QED) is 0.768. The summed E-state index contributed by atoms with van der Waals surface area (Å²) >= 11 is 5.88. The summed E-state index contributed by atoms with van der Waals surface area (Å²) in [4.78, 5) is 19.1. The Labute approximate surface area is 156 Å². The number of esters is 1. The van der Waals surface area contributed by atoms with Crippen LogP contribution in [0.5, 0.6) is 11.5 Å². The largest absolute Gasteiger partial charge is 0.486 e. The van der Waals surface area contributed by atoms with Crippen molar-refractivity contribution in [2.24, 2.45) is 0 Å². The van der Waals surface area contributed by atoms with Crippen molar-refractivity contribution < 1.29 is 19.0 Å². The van der Waals surface area contributed by atoms with Crippen LogP contribution in [0.25, 0.3) is 0 Å². The fourth-order valence-electron chi connectivity index (χ4n) is 3.21. The Morgan fingerprint density at radius 1 is 1.15 bits per heavy atom. The third-order valence-electron chi connectivity index (χ3n) is 4.54. The Balaban J connectivity index is 1.37. The molecule has 7 heteroatoms. The summed E-state index contributed by atoms with van der Waals surface area (Å²) in [5.41, 5.74) is 0.420. The predicted octanol–water partition coefficient (Wildman–Crippen LogP) is 3.33. The van der Waals surface area contributed by atoms with E-state index in [1.54, 1.807) is 24.4 Å². The molecule has 26 heavy (non-hydrogen) atoms. The van der Waals surface area contributed by atoms with Crippen LogP contribution in [-0.4, -0.2) is 43.4 Å². The van der Waals surface area contributed by atoms with Gasteiger partial charge in [-0.1, -0.05) is 17.7 Å². The molecule has 0 N–H and O–H groups in total. The topological polar surface area (TPSA) is 60.9 Å². The molecule has 1 aromatic heterocycles. The van der Waals surface area contributed by atoms with E-state index in [0.717, 1.165) is 31.7 Å². The highest BCUT2D eigenvalue weighted by molar-refractivity contribution is 6.30. The molecule has 2 aliphatic heterocycles. The van der Waals surface area contributed by atoms with Crippen LogP contribution < -0.4 is 14.4 Å². The molecule has 0 spiro atoms. The molecule has 136 valence electrons. The first-order chi connectivity index (χ1) is 12.7. The van der Waals surface area contributed by atoms with Gasteiger partial charge in [0.05, 0.1) is 5.02 Å². The molecule has 0 radical (unpaired) electrons. The molecular weight excluding hydrogens is 356 g/mol. The van der Waals surface area contributed by atoms with Crippen LogP contribution >= 0.6 is 11.6 Å². The minimum Gasteiger partial charge on any atom is -0.486 e. The molecule has 2 aliphatic rings. The van der Waals surface area contributed by atoms with E-state index in [1.165, 1.54) is 0 Å². The van der Waals surface area contributed by atoms with E-state index in [0.29, 0.717) is 35.3 Å². The number of nitrogens with zero attached hydrogens (tertiary/aromatic N) is 2. The number of ether oxygens (including phenoxy) is 3. The van der Waals surface area contributed by atoms with Crippen LogP contribution in [0, 0.1) is 0 Å². The van der Waals surface area contributed by atoms with Gasteiger partial charge in [0, 0.05) is 32.1 Å². The second-order valence-corrected chi connectivity index (χ2v) is 6.69. The first-order valence-corrected chi connectivity index (χ1v) is 9.04. The first kappa shape index (κ1) is 17.0. The molecule has 3 heterocycles. The van der Waals surface area contributed by atoms with E-state index >= 15 is 0 Å². The zero-order valence-corrected chi connectivity index (χ0v) is 14.9. The summed E-state index contributed by atoms with van der Waals surface area (Å²) in [6.45, 7) is 2.48. The molecule has 1 fully saturated rings. The van der Waals surface area contributed by atoms with Gasteiger partial charge < -0.3 is 19.1 Å². The van der Waals surface area contributed by atoms with Crippen LogP contribution in [-0.2, 0) is 4.74 Å². The number of piperidine rings is 1. The SMILES string of the molecule is O=C(OC1CCN(c2ccc(Cl)cn2)CC1)c1cccc2c1OCCO2. The standard InChI is InChI=1S/C19H19ClN2O4/c20-13-4-5-17(21-12-13)22-8-6-14(7-9-22)26-19(23)15-2-1-3-16-18(15)25-11-10-24-16/h1-5,12,14H,6-11H2. The summed E-state index contributed by atoms with van der Waals surface area (Å²) in [6.07, 6.45) is 3.03. The fourth-order valence-corrected chi connectivity index (χ4v) is 3.32. The summed E-state index contributed by atoms with van der Waals surface area (Å²) in [7, 11) is 0. The number of carbonyl (C=O) groups is 1. The molecular formula is C19H19ClN2O4. The van der Waals surface area contributed by atoms with E-state index < -0.39 is 0 Å². The number of fused-ring (bicyclic) bond motifs is 1. The second kappa shape index (κ2) is 7.41. The van der Waals surface area contributed by atoms with Gasteiger partial charge in [-0.15, -0.1) is 0 Å². The Hall–Kier alpha value is -2.47. The van der Waals surface area contributed by atoms with Crippen LogP contribution in [0.3, 0.4) is 0 Å². The lowest BCUT2D eigenvalue weighted by Gasteiger charge is -2.32. The maximum atomic E-state index is 12.6. The molecule has 1 saturated heterocycles. The van der Waals surface area contributed by atoms with Gasteiger partial charge in [-0.25, -0.2) is 9.78 Å². The van der Waals surface area contributed by atoms with Gasteiger partial charge in [-0.2, -0.15) is 0 Å². The average Bonchev–Trinajstić information content (AvgIpc) is 2.69. The third kappa shape index (κ3) is 3.55. The van der Waals surface area contributed by atoms with Crippen molar-refractivity contribution in [3.63, 3.8) is 0 Å². The minimum absolute atomic E-state index is 0.119. The summed E-state index contributed by atoms with van der Waals surface area (Å²) in [6, 6.07) is 9.02. The molecule has 0 aliphatic carbocycles. The maximum absolute atomic E-state index is 12.6. The molecule has 0 saturated carbocycles. The number of benzene rings is 1. The fraction of sp³-hybridized carbons (Fsp3) is 0.368. The van der Waals surface area contributed by atoms with Crippen molar-refractivity contribution in [3.8, 4) is 11.5 Å². The lowest BCUT2D eigenvalue weighted by atomic mass is 10.1. The van der Waals surface area contributed by atoms with Crippen LogP contribution in [0.2, 0.25) is 5.02 Å². The van der Waals surface area contributed by atoms with E-state index in [9.17, 15) is 4.79 Å². The summed E-state index contributed by atoms with van der Waals surface area (Å²) in [5.74, 6) is 1.60. The van der Waals surface area contributed by atoms with Gasteiger partial charge in [-0.3, -0.25) is 0 Å². The van der Waals surface area contributed by atoms with Crippen molar-refractivity contribution >= 4 is 23.4 Å². The number of carbonyl (C=O) groups excluding carboxylic acids is 1. The zero-order chi connectivity index (χ0) is 17.9. The van der Waals surface area contributed by atoms with Gasteiger partial charge in [-0.05, 0) is 24.3 Å². The smallest absolute Gasteiger partial charge is 0.342 e. The molecule has 4 rings (SSSR count). The van der Waals surface area contributed by atoms with Crippen molar-refractivity contribution in [2.45, 2.75) is 18.9 Å². The van der Waals surface area contributed by atoms with E-state index in [1.807, 2.05) is 12.1 Å². The number of hydrogen-bond donors (Lipinski definition) is 0. The van der Waals surface area contributed by atoms with Crippen molar-refractivity contribution in [1.29, 1.82) is 0 Å². The van der Waals surface area contributed by atoms with E-state index in [4.69, 9.17) is 25.8 Å². The number of anilines is 1. The lowest BCUT2D eigenvalue weighted by molar-refractivity contribution is 0.0237. The van der Waals surface area contributed by atoms with Gasteiger partial charge in [0.25, 0.3) is 0 Å². The molecule has 0 bridgehead atoms. The highest BCUT2D eigenvalue weighted by Crippen LogP contribution is 2.34. The summed E-state index contributed by atoms with van der Waals surface area (Å²) in [5, 5.41) is 0.620. The Morgan fingerprint density at radius 2 is 1.96 bits per heavy atom. The van der Waals surface area contributed by atoms with Gasteiger partial charge in [0.1, 0.15) is 30.7 Å². The molecule has 1 aromatic carbocycles. The van der Waals surface area contributed by atoms with Gasteiger partial charge in [0.2, 0.25) is 0 Å². The van der Waals surface area contributed by atoms with Gasteiger partial charge >= 0.3 is 5.97 Å². The molecule has 0 amide bonds. The van der Waals surface area contributed by atoms with Crippen LogP contribution in [0.1, 0.15) is 23.2 Å². The maximum Gasteiger partial charge on any atom is 0.342 e. The first-order valence-electron chi connectivity index (χ1n) is 8.67. The normalized spacial score (nSPS) is 17.0. The van der Waals surface area contributed by atoms with Crippen LogP contribution in [0.15, 0.2) is 36.5 Å². The number of hydrogen-bond acceptors (Lipinski definition) is 6. The zero-order valence-electron chi connectivity index (χ0n) is 14.2. The summed E-state index contributed by atoms with van der Waals surface area (Å²) < 4.78 is 16.8. The van der Waals surface area contributed by atoms with Crippen molar-refractivity contribution in [2.75, 3.05) is 31.2 Å². The molecule has 6 nitrogen and oxygen atoms in total. The Kier molecular flexibility index (Phi) is 4.84. The number of halogens is 1. The average molecular weight is 375 g/mol. The van der Waals surface area contributed by atoms with E-state index in [2.05, 4.69) is 9.88 Å². The number of rotatable bonds is 3. The predicted molar refractivity (Wildman–Crippen MR) is 97.3 cm³/mol.